The van der Waals surface area contributed by atoms with Gasteiger partial charge in [0.15, 0.2) is 0 Å². The van der Waals surface area contributed by atoms with Crippen molar-refractivity contribution in [2.45, 2.75) is 23.0 Å². The Morgan fingerprint density at radius 3 is 2.46 bits per heavy atom. The largest absolute Gasteiger partial charge is 0.0839 e. The molecule has 0 radical (unpaired) electrons. The second-order valence-electron chi connectivity index (χ2n) is 3.71. The van der Waals surface area contributed by atoms with Crippen LogP contribution in [-0.4, -0.2) is 0 Å². The van der Waals surface area contributed by atoms with Gasteiger partial charge in [-0.25, -0.2) is 0 Å². The first kappa shape index (κ1) is 9.72. The molecule has 13 heavy (non-hydrogen) atoms. The first-order chi connectivity index (χ1) is 6.20. The molecule has 0 aromatic heterocycles. The molecule has 0 spiro atoms. The molecule has 2 heteroatoms. The van der Waals surface area contributed by atoms with Gasteiger partial charge in [0.2, 0.25) is 0 Å². The van der Waals surface area contributed by atoms with E-state index in [0.29, 0.717) is 15.6 Å². The lowest BCUT2D eigenvalue weighted by Gasteiger charge is -2.30. The number of rotatable bonds is 0. The maximum Gasteiger partial charge on any atom is 0.0424 e. The minimum absolute atomic E-state index is 0.525. The van der Waals surface area contributed by atoms with Gasteiger partial charge in [-0.1, -0.05) is 63.0 Å². The molecule has 0 saturated heterocycles. The standard InChI is InChI=1S/C11H12Br2/c1-7-6-10(12)8-4-2-3-5-9(8)11(7)13/h2-5,7,10-11H,6H2,1H3/t7-,10+,11-/m0/s1. The zero-order valence-electron chi connectivity index (χ0n) is 7.50. The molecule has 70 valence electrons. The van der Waals surface area contributed by atoms with Crippen molar-refractivity contribution in [1.82, 2.24) is 0 Å². The lowest BCUT2D eigenvalue weighted by atomic mass is 9.85. The molecule has 0 unspecified atom stereocenters. The third-order valence-electron chi connectivity index (χ3n) is 2.71. The molecule has 1 aliphatic carbocycles. The van der Waals surface area contributed by atoms with Crippen LogP contribution in [0.2, 0.25) is 0 Å². The molecule has 3 atom stereocenters. The molecule has 1 aromatic carbocycles. The lowest BCUT2D eigenvalue weighted by molar-refractivity contribution is 0.495. The minimum Gasteiger partial charge on any atom is -0.0839 e. The molecule has 0 bridgehead atoms. The molecule has 2 rings (SSSR count). The average molecular weight is 304 g/mol. The van der Waals surface area contributed by atoms with E-state index in [1.54, 1.807) is 0 Å². The van der Waals surface area contributed by atoms with Gasteiger partial charge in [0, 0.05) is 9.65 Å². The highest BCUT2D eigenvalue weighted by Gasteiger charge is 2.28. The van der Waals surface area contributed by atoms with E-state index < -0.39 is 0 Å². The van der Waals surface area contributed by atoms with Crippen molar-refractivity contribution >= 4 is 31.9 Å². The summed E-state index contributed by atoms with van der Waals surface area (Å²) in [6, 6.07) is 8.67. The molecular formula is C11H12Br2. The second kappa shape index (κ2) is 3.74. The van der Waals surface area contributed by atoms with E-state index in [1.165, 1.54) is 17.5 Å². The van der Waals surface area contributed by atoms with Crippen molar-refractivity contribution in [2.75, 3.05) is 0 Å². The van der Waals surface area contributed by atoms with Crippen LogP contribution in [0.4, 0.5) is 0 Å². The fraction of sp³-hybridized carbons (Fsp3) is 0.455. The van der Waals surface area contributed by atoms with Gasteiger partial charge < -0.3 is 0 Å². The molecule has 1 aliphatic rings. The summed E-state index contributed by atoms with van der Waals surface area (Å²) in [4.78, 5) is 1.06. The molecule has 0 heterocycles. The maximum absolute atomic E-state index is 3.76. The van der Waals surface area contributed by atoms with Gasteiger partial charge in [-0.2, -0.15) is 0 Å². The Labute approximate surface area is 96.0 Å². The third kappa shape index (κ3) is 1.71. The Morgan fingerprint density at radius 1 is 1.15 bits per heavy atom. The number of benzene rings is 1. The van der Waals surface area contributed by atoms with Crippen molar-refractivity contribution in [3.63, 3.8) is 0 Å². The van der Waals surface area contributed by atoms with Gasteiger partial charge in [-0.05, 0) is 23.5 Å². The smallest absolute Gasteiger partial charge is 0.0424 e. The van der Waals surface area contributed by atoms with Crippen LogP contribution in [0.5, 0.6) is 0 Å². The highest BCUT2D eigenvalue weighted by atomic mass is 79.9. The first-order valence-corrected chi connectivity index (χ1v) is 6.40. The van der Waals surface area contributed by atoms with Crippen molar-refractivity contribution in [2.24, 2.45) is 5.92 Å². The Kier molecular flexibility index (Phi) is 2.80. The van der Waals surface area contributed by atoms with Crippen molar-refractivity contribution in [3.05, 3.63) is 35.4 Å². The lowest BCUT2D eigenvalue weighted by Crippen LogP contribution is -2.15. The van der Waals surface area contributed by atoms with E-state index in [4.69, 9.17) is 0 Å². The number of fused-ring (bicyclic) bond motifs is 1. The first-order valence-electron chi connectivity index (χ1n) is 4.57. The zero-order valence-corrected chi connectivity index (χ0v) is 10.7. The Morgan fingerprint density at radius 2 is 1.77 bits per heavy atom. The topological polar surface area (TPSA) is 0 Å². The summed E-state index contributed by atoms with van der Waals surface area (Å²) >= 11 is 7.49. The second-order valence-corrected chi connectivity index (χ2v) is 5.80. The molecule has 0 nitrogen and oxygen atoms in total. The van der Waals surface area contributed by atoms with Crippen LogP contribution in [0.15, 0.2) is 24.3 Å². The third-order valence-corrected chi connectivity index (χ3v) is 4.97. The Hall–Kier alpha value is 0.180. The summed E-state index contributed by atoms with van der Waals surface area (Å²) in [5, 5.41) is 0. The zero-order chi connectivity index (χ0) is 9.42. The number of hydrogen-bond donors (Lipinski definition) is 0. The number of halogens is 2. The molecule has 0 saturated carbocycles. The van der Waals surface area contributed by atoms with E-state index in [9.17, 15) is 0 Å². The summed E-state index contributed by atoms with van der Waals surface area (Å²) in [7, 11) is 0. The van der Waals surface area contributed by atoms with E-state index in [1.807, 2.05) is 0 Å². The summed E-state index contributed by atoms with van der Waals surface area (Å²) in [5.74, 6) is 0.708. The Bertz CT molecular complexity index is 309. The van der Waals surface area contributed by atoms with E-state index in [-0.39, 0.29) is 0 Å². The summed E-state index contributed by atoms with van der Waals surface area (Å²) in [5.41, 5.74) is 2.89. The normalized spacial score (nSPS) is 32.7. The average Bonchev–Trinajstić information content (AvgIpc) is 2.15. The van der Waals surface area contributed by atoms with Crippen LogP contribution >= 0.6 is 31.9 Å². The quantitative estimate of drug-likeness (QED) is 0.615. The molecule has 0 amide bonds. The van der Waals surface area contributed by atoms with Gasteiger partial charge in [0.25, 0.3) is 0 Å². The predicted molar refractivity (Wildman–Crippen MR) is 63.6 cm³/mol. The number of alkyl halides is 2. The van der Waals surface area contributed by atoms with Crippen molar-refractivity contribution in [1.29, 1.82) is 0 Å². The molecule has 1 aromatic rings. The van der Waals surface area contributed by atoms with Crippen molar-refractivity contribution < 1.29 is 0 Å². The predicted octanol–water partition coefficient (Wildman–Crippen LogP) is 4.60. The fourth-order valence-corrected chi connectivity index (χ4v) is 3.57. The molecule has 0 N–H and O–H groups in total. The monoisotopic (exact) mass is 302 g/mol. The van der Waals surface area contributed by atoms with Crippen LogP contribution in [-0.2, 0) is 0 Å². The minimum atomic E-state index is 0.525. The maximum atomic E-state index is 3.76. The van der Waals surface area contributed by atoms with Crippen LogP contribution in [0.3, 0.4) is 0 Å². The Balaban J connectivity index is 2.47. The highest BCUT2D eigenvalue weighted by Crippen LogP contribution is 2.47. The van der Waals surface area contributed by atoms with Gasteiger partial charge in [-0.3, -0.25) is 0 Å². The number of hydrogen-bond acceptors (Lipinski definition) is 0. The van der Waals surface area contributed by atoms with Gasteiger partial charge in [0.1, 0.15) is 0 Å². The fourth-order valence-electron chi connectivity index (χ4n) is 1.93. The molecule has 0 fully saturated rings. The van der Waals surface area contributed by atoms with E-state index in [2.05, 4.69) is 63.0 Å². The van der Waals surface area contributed by atoms with Crippen LogP contribution in [0.1, 0.15) is 34.1 Å². The SMILES string of the molecule is C[C@H]1C[C@@H](Br)c2ccccc2[C@H]1Br. The summed E-state index contributed by atoms with van der Waals surface area (Å²) in [6.45, 7) is 2.30. The van der Waals surface area contributed by atoms with Gasteiger partial charge in [-0.15, -0.1) is 0 Å². The van der Waals surface area contributed by atoms with Crippen LogP contribution < -0.4 is 0 Å². The van der Waals surface area contributed by atoms with Crippen LogP contribution in [0.25, 0.3) is 0 Å². The van der Waals surface area contributed by atoms with Crippen LogP contribution in [0, 0.1) is 5.92 Å². The van der Waals surface area contributed by atoms with Gasteiger partial charge in [0.05, 0.1) is 0 Å². The van der Waals surface area contributed by atoms with Crippen molar-refractivity contribution in [3.8, 4) is 0 Å². The van der Waals surface area contributed by atoms with E-state index >= 15 is 0 Å². The highest BCUT2D eigenvalue weighted by molar-refractivity contribution is 9.09. The molecule has 0 aliphatic heterocycles. The van der Waals surface area contributed by atoms with E-state index in [0.717, 1.165) is 0 Å². The van der Waals surface area contributed by atoms with Gasteiger partial charge >= 0.3 is 0 Å². The molecular weight excluding hydrogens is 292 g/mol. The summed E-state index contributed by atoms with van der Waals surface area (Å²) < 4.78 is 0. The summed E-state index contributed by atoms with van der Waals surface area (Å²) in [6.07, 6.45) is 1.22.